The predicted molar refractivity (Wildman–Crippen MR) is 61.2 cm³/mol. The van der Waals surface area contributed by atoms with Crippen LogP contribution < -0.4 is 4.90 Å². The highest BCUT2D eigenvalue weighted by Gasteiger charge is 2.33. The third-order valence-electron chi connectivity index (χ3n) is 2.64. The molecule has 1 aliphatic rings. The molecule has 1 saturated heterocycles. The quantitative estimate of drug-likeness (QED) is 0.747. The van der Waals surface area contributed by atoms with Crippen molar-refractivity contribution in [3.05, 3.63) is 18.0 Å². The first-order valence-corrected chi connectivity index (χ1v) is 6.17. The van der Waals surface area contributed by atoms with E-state index in [4.69, 9.17) is 0 Å². The first-order valence-electron chi connectivity index (χ1n) is 5.26. The van der Waals surface area contributed by atoms with Crippen LogP contribution in [0.15, 0.2) is 12.3 Å². The van der Waals surface area contributed by atoms with Gasteiger partial charge in [-0.3, -0.25) is 0 Å². The number of piperidine rings is 1. The van der Waals surface area contributed by atoms with Gasteiger partial charge in [-0.15, -0.1) is 0 Å². The molecule has 7 heteroatoms. The zero-order chi connectivity index (χ0) is 12.5. The number of alkyl halides is 4. The third-order valence-corrected chi connectivity index (χ3v) is 3.56. The van der Waals surface area contributed by atoms with Crippen LogP contribution in [0, 0.1) is 0 Å². The van der Waals surface area contributed by atoms with Crippen molar-refractivity contribution < 1.29 is 13.2 Å². The summed E-state index contributed by atoms with van der Waals surface area (Å²) in [6.45, 7) is 1.36. The highest BCUT2D eigenvalue weighted by molar-refractivity contribution is 9.09. The van der Waals surface area contributed by atoms with Crippen LogP contribution in [0.5, 0.6) is 0 Å². The lowest BCUT2D eigenvalue weighted by Gasteiger charge is -2.29. The van der Waals surface area contributed by atoms with Crippen molar-refractivity contribution in [3.8, 4) is 0 Å². The van der Waals surface area contributed by atoms with Gasteiger partial charge in [0.2, 0.25) is 5.95 Å². The number of anilines is 1. The number of halogens is 4. The maximum Gasteiger partial charge on any atom is 0.433 e. The number of nitrogens with zero attached hydrogens (tertiary/aromatic N) is 3. The molecule has 17 heavy (non-hydrogen) atoms. The van der Waals surface area contributed by atoms with Gasteiger partial charge in [0.1, 0.15) is 5.69 Å². The van der Waals surface area contributed by atoms with Crippen LogP contribution in [0.3, 0.4) is 0 Å². The van der Waals surface area contributed by atoms with Gasteiger partial charge in [-0.25, -0.2) is 9.97 Å². The minimum Gasteiger partial charge on any atom is -0.341 e. The monoisotopic (exact) mass is 309 g/mol. The van der Waals surface area contributed by atoms with E-state index in [0.717, 1.165) is 25.1 Å². The molecule has 0 spiro atoms. The Balaban J connectivity index is 2.16. The molecule has 2 rings (SSSR count). The summed E-state index contributed by atoms with van der Waals surface area (Å²) in [5.74, 6) is 0.166. The van der Waals surface area contributed by atoms with Crippen molar-refractivity contribution in [2.75, 3.05) is 18.0 Å². The summed E-state index contributed by atoms with van der Waals surface area (Å²) in [7, 11) is 0. The van der Waals surface area contributed by atoms with Crippen LogP contribution in [0.1, 0.15) is 18.5 Å². The van der Waals surface area contributed by atoms with Gasteiger partial charge in [-0.1, -0.05) is 15.9 Å². The second-order valence-corrected chi connectivity index (χ2v) is 5.20. The molecule has 0 bridgehead atoms. The van der Waals surface area contributed by atoms with E-state index in [0.29, 0.717) is 17.9 Å². The van der Waals surface area contributed by atoms with Gasteiger partial charge in [0.25, 0.3) is 0 Å². The van der Waals surface area contributed by atoms with E-state index in [1.165, 1.54) is 0 Å². The van der Waals surface area contributed by atoms with Gasteiger partial charge in [-0.2, -0.15) is 13.2 Å². The van der Waals surface area contributed by atoms with Crippen molar-refractivity contribution in [2.45, 2.75) is 23.8 Å². The summed E-state index contributed by atoms with van der Waals surface area (Å²) >= 11 is 3.49. The highest BCUT2D eigenvalue weighted by atomic mass is 79.9. The van der Waals surface area contributed by atoms with E-state index in [9.17, 15) is 13.2 Å². The first kappa shape index (κ1) is 12.6. The van der Waals surface area contributed by atoms with Crippen LogP contribution in [0.2, 0.25) is 0 Å². The Bertz CT molecular complexity index is 389. The summed E-state index contributed by atoms with van der Waals surface area (Å²) in [6.07, 6.45) is -1.48. The van der Waals surface area contributed by atoms with E-state index in [2.05, 4.69) is 25.9 Å². The molecule has 0 radical (unpaired) electrons. The highest BCUT2D eigenvalue weighted by Crippen LogP contribution is 2.29. The van der Waals surface area contributed by atoms with Gasteiger partial charge in [-0.05, 0) is 18.9 Å². The fraction of sp³-hybridized carbons (Fsp3) is 0.600. The fourth-order valence-corrected chi connectivity index (χ4v) is 2.12. The molecule has 2 heterocycles. The molecular formula is C10H11BrF3N3. The predicted octanol–water partition coefficient (Wildman–Crippen LogP) is 2.86. The minimum absolute atomic E-state index is 0.166. The van der Waals surface area contributed by atoms with Gasteiger partial charge in [0.05, 0.1) is 0 Å². The van der Waals surface area contributed by atoms with Gasteiger partial charge >= 0.3 is 6.18 Å². The lowest BCUT2D eigenvalue weighted by Crippen LogP contribution is -2.35. The van der Waals surface area contributed by atoms with Gasteiger partial charge in [0, 0.05) is 24.1 Å². The molecule has 0 aromatic carbocycles. The molecule has 0 unspecified atom stereocenters. The molecule has 3 nitrogen and oxygen atoms in total. The number of rotatable bonds is 1. The summed E-state index contributed by atoms with van der Waals surface area (Å²) in [5, 5.41) is 0. The van der Waals surface area contributed by atoms with Crippen molar-refractivity contribution in [3.63, 3.8) is 0 Å². The molecule has 1 fully saturated rings. The summed E-state index contributed by atoms with van der Waals surface area (Å²) in [6, 6.07) is 0.890. The maximum absolute atomic E-state index is 12.5. The number of hydrogen-bond acceptors (Lipinski definition) is 3. The number of aromatic nitrogens is 2. The summed E-state index contributed by atoms with van der Waals surface area (Å²) < 4.78 is 37.4. The zero-order valence-electron chi connectivity index (χ0n) is 8.91. The average Bonchev–Trinajstić information content (AvgIpc) is 2.29. The molecule has 0 aliphatic carbocycles. The molecule has 1 aromatic heterocycles. The largest absolute Gasteiger partial charge is 0.433 e. The smallest absolute Gasteiger partial charge is 0.341 e. The molecule has 0 saturated carbocycles. The Kier molecular flexibility index (Phi) is 3.56. The number of hydrogen-bond donors (Lipinski definition) is 0. The van der Waals surface area contributed by atoms with Gasteiger partial charge in [0.15, 0.2) is 0 Å². The molecule has 1 aromatic rings. The molecule has 0 N–H and O–H groups in total. The Hall–Kier alpha value is -0.850. The van der Waals surface area contributed by atoms with E-state index >= 15 is 0 Å². The third kappa shape index (κ3) is 3.08. The molecule has 94 valence electrons. The van der Waals surface area contributed by atoms with Crippen molar-refractivity contribution >= 4 is 21.9 Å². The molecular weight excluding hydrogens is 299 g/mol. The van der Waals surface area contributed by atoms with Crippen molar-refractivity contribution in [1.82, 2.24) is 9.97 Å². The zero-order valence-corrected chi connectivity index (χ0v) is 10.5. The van der Waals surface area contributed by atoms with Crippen molar-refractivity contribution in [2.24, 2.45) is 0 Å². The van der Waals surface area contributed by atoms with Crippen LogP contribution in [0.4, 0.5) is 19.1 Å². The van der Waals surface area contributed by atoms with E-state index < -0.39 is 11.9 Å². The Morgan fingerprint density at radius 1 is 1.29 bits per heavy atom. The standard InChI is InChI=1S/C10H11BrF3N3/c11-7-2-5-17(6-3-7)9-15-4-1-8(16-9)10(12,13)14/h1,4,7H,2-3,5-6H2. The fourth-order valence-electron chi connectivity index (χ4n) is 1.71. The lowest BCUT2D eigenvalue weighted by molar-refractivity contribution is -0.141. The van der Waals surface area contributed by atoms with E-state index in [1.807, 2.05) is 0 Å². The van der Waals surface area contributed by atoms with Crippen LogP contribution in [-0.4, -0.2) is 27.9 Å². The lowest BCUT2D eigenvalue weighted by atomic mass is 10.1. The Morgan fingerprint density at radius 2 is 1.94 bits per heavy atom. The molecule has 0 amide bonds. The summed E-state index contributed by atoms with van der Waals surface area (Å²) in [4.78, 5) is 9.69. The average molecular weight is 310 g/mol. The van der Waals surface area contributed by atoms with Gasteiger partial charge < -0.3 is 4.90 Å². The summed E-state index contributed by atoms with van der Waals surface area (Å²) in [5.41, 5.74) is -0.886. The Labute approximate surface area is 105 Å². The van der Waals surface area contributed by atoms with Crippen LogP contribution in [0.25, 0.3) is 0 Å². The minimum atomic E-state index is -4.41. The molecule has 0 atom stereocenters. The first-order chi connectivity index (χ1) is 7.97. The normalized spacial score (nSPS) is 18.5. The second-order valence-electron chi connectivity index (χ2n) is 3.90. The van der Waals surface area contributed by atoms with E-state index in [1.54, 1.807) is 4.90 Å². The Morgan fingerprint density at radius 3 is 2.53 bits per heavy atom. The topological polar surface area (TPSA) is 29.0 Å². The molecule has 1 aliphatic heterocycles. The van der Waals surface area contributed by atoms with Crippen LogP contribution in [-0.2, 0) is 6.18 Å². The van der Waals surface area contributed by atoms with Crippen molar-refractivity contribution in [1.29, 1.82) is 0 Å². The maximum atomic E-state index is 12.5. The SMILES string of the molecule is FC(F)(F)c1ccnc(N2CCC(Br)CC2)n1. The van der Waals surface area contributed by atoms with E-state index in [-0.39, 0.29) is 5.95 Å². The van der Waals surface area contributed by atoms with Crippen LogP contribution >= 0.6 is 15.9 Å². The second kappa shape index (κ2) is 4.80.